The predicted molar refractivity (Wildman–Crippen MR) is 102 cm³/mol. The van der Waals surface area contributed by atoms with Gasteiger partial charge in [-0.3, -0.25) is 19.3 Å². The molecule has 0 spiro atoms. The maximum atomic E-state index is 12.5. The molecule has 0 bridgehead atoms. The van der Waals surface area contributed by atoms with Crippen molar-refractivity contribution in [3.05, 3.63) is 59.2 Å². The number of rotatable bonds is 7. The maximum Gasteiger partial charge on any atom is 0.261 e. The Morgan fingerprint density at radius 3 is 2.37 bits per heavy atom. The molecule has 140 valence electrons. The van der Waals surface area contributed by atoms with Crippen LogP contribution in [0.3, 0.4) is 0 Å². The number of nitrogens with one attached hydrogen (secondary N) is 1. The molecule has 1 N–H and O–H groups in total. The summed E-state index contributed by atoms with van der Waals surface area (Å²) in [4.78, 5) is 38.6. The summed E-state index contributed by atoms with van der Waals surface area (Å²) in [6, 6.07) is 11.7. The van der Waals surface area contributed by atoms with E-state index in [2.05, 4.69) is 5.32 Å². The predicted octanol–water partition coefficient (Wildman–Crippen LogP) is 3.73. The summed E-state index contributed by atoms with van der Waals surface area (Å²) in [6.45, 7) is 4.87. The van der Waals surface area contributed by atoms with Crippen molar-refractivity contribution in [3.63, 3.8) is 0 Å². The van der Waals surface area contributed by atoms with Gasteiger partial charge in [0.1, 0.15) is 5.75 Å². The Labute approximate surface area is 158 Å². The molecule has 0 aliphatic carbocycles. The van der Waals surface area contributed by atoms with Crippen LogP contribution in [-0.2, 0) is 0 Å². The molecule has 3 rings (SSSR count). The SMILES string of the molecule is CCCCN1C(=O)c2ccc(C(=O)Nc3ccc(OCC)cc3)cc2C1=O. The monoisotopic (exact) mass is 366 g/mol. The number of unbranched alkanes of at least 4 members (excludes halogenated alkanes) is 1. The second-order valence-electron chi connectivity index (χ2n) is 6.29. The Morgan fingerprint density at radius 2 is 1.70 bits per heavy atom. The standard InChI is InChI=1S/C21H22N2O4/c1-3-5-12-23-20(25)17-11-6-14(13-18(17)21(23)26)19(24)22-15-7-9-16(10-8-15)27-4-2/h6-11,13H,3-5,12H2,1-2H3,(H,22,24). The Morgan fingerprint density at radius 1 is 1.00 bits per heavy atom. The van der Waals surface area contributed by atoms with Gasteiger partial charge in [-0.15, -0.1) is 0 Å². The van der Waals surface area contributed by atoms with E-state index in [1.165, 1.54) is 11.0 Å². The van der Waals surface area contributed by atoms with Crippen molar-refractivity contribution in [1.29, 1.82) is 0 Å². The van der Waals surface area contributed by atoms with E-state index in [0.717, 1.165) is 18.6 Å². The molecule has 1 aliphatic rings. The van der Waals surface area contributed by atoms with Gasteiger partial charge in [-0.2, -0.15) is 0 Å². The number of ether oxygens (including phenoxy) is 1. The Hall–Kier alpha value is -3.15. The van der Waals surface area contributed by atoms with Gasteiger partial charge >= 0.3 is 0 Å². The smallest absolute Gasteiger partial charge is 0.261 e. The number of benzene rings is 2. The summed E-state index contributed by atoms with van der Waals surface area (Å²) in [5, 5.41) is 2.79. The van der Waals surface area contributed by atoms with Crippen LogP contribution in [-0.4, -0.2) is 35.8 Å². The fourth-order valence-corrected chi connectivity index (χ4v) is 2.96. The van der Waals surface area contributed by atoms with Gasteiger partial charge in [0.05, 0.1) is 17.7 Å². The summed E-state index contributed by atoms with van der Waals surface area (Å²) in [5.41, 5.74) is 1.60. The lowest BCUT2D eigenvalue weighted by Gasteiger charge is -2.12. The first-order valence-corrected chi connectivity index (χ1v) is 9.09. The molecule has 3 amide bonds. The van der Waals surface area contributed by atoms with Crippen LogP contribution in [0.2, 0.25) is 0 Å². The Balaban J connectivity index is 1.75. The fraction of sp³-hybridized carbons (Fsp3) is 0.286. The Bertz CT molecular complexity index is 874. The zero-order valence-electron chi connectivity index (χ0n) is 15.5. The fourth-order valence-electron chi connectivity index (χ4n) is 2.96. The number of amides is 3. The van der Waals surface area contributed by atoms with E-state index < -0.39 is 0 Å². The van der Waals surface area contributed by atoms with Crippen molar-refractivity contribution >= 4 is 23.4 Å². The van der Waals surface area contributed by atoms with Gasteiger partial charge in [0.25, 0.3) is 17.7 Å². The lowest BCUT2D eigenvalue weighted by molar-refractivity contribution is 0.0652. The highest BCUT2D eigenvalue weighted by Crippen LogP contribution is 2.25. The van der Waals surface area contributed by atoms with Crippen LogP contribution in [0.1, 0.15) is 57.8 Å². The van der Waals surface area contributed by atoms with Crippen molar-refractivity contribution in [1.82, 2.24) is 4.90 Å². The lowest BCUT2D eigenvalue weighted by atomic mass is 10.1. The highest BCUT2D eigenvalue weighted by atomic mass is 16.5. The molecule has 0 atom stereocenters. The van der Waals surface area contributed by atoms with Gasteiger partial charge in [0.2, 0.25) is 0 Å². The van der Waals surface area contributed by atoms with Crippen molar-refractivity contribution in [2.24, 2.45) is 0 Å². The first-order valence-electron chi connectivity index (χ1n) is 9.09. The van der Waals surface area contributed by atoms with E-state index in [0.29, 0.717) is 30.0 Å². The first kappa shape index (κ1) is 18.6. The van der Waals surface area contributed by atoms with E-state index in [1.54, 1.807) is 36.4 Å². The van der Waals surface area contributed by atoms with Crippen LogP contribution in [0.25, 0.3) is 0 Å². The summed E-state index contributed by atoms with van der Waals surface area (Å²) in [7, 11) is 0. The normalized spacial score (nSPS) is 12.9. The molecule has 0 radical (unpaired) electrons. The minimum absolute atomic E-state index is 0.287. The van der Waals surface area contributed by atoms with Gasteiger partial charge in [0.15, 0.2) is 0 Å². The van der Waals surface area contributed by atoms with Gasteiger partial charge in [0, 0.05) is 17.8 Å². The molecule has 6 nitrogen and oxygen atoms in total. The molecular weight excluding hydrogens is 344 g/mol. The Kier molecular flexibility index (Phi) is 5.54. The van der Waals surface area contributed by atoms with E-state index in [9.17, 15) is 14.4 Å². The van der Waals surface area contributed by atoms with Crippen LogP contribution >= 0.6 is 0 Å². The molecule has 0 unspecified atom stereocenters. The molecule has 1 aliphatic heterocycles. The molecule has 0 aromatic heterocycles. The quantitative estimate of drug-likeness (QED) is 0.758. The topological polar surface area (TPSA) is 75.7 Å². The van der Waals surface area contributed by atoms with Crippen molar-refractivity contribution < 1.29 is 19.1 Å². The van der Waals surface area contributed by atoms with Crippen LogP contribution in [0, 0.1) is 0 Å². The van der Waals surface area contributed by atoms with Crippen molar-refractivity contribution in [2.45, 2.75) is 26.7 Å². The van der Waals surface area contributed by atoms with E-state index in [4.69, 9.17) is 4.74 Å². The number of hydrogen-bond donors (Lipinski definition) is 1. The number of carbonyl (C=O) groups is 3. The van der Waals surface area contributed by atoms with Gasteiger partial charge in [-0.25, -0.2) is 0 Å². The zero-order chi connectivity index (χ0) is 19.4. The number of anilines is 1. The van der Waals surface area contributed by atoms with Gasteiger partial charge in [-0.1, -0.05) is 13.3 Å². The average molecular weight is 366 g/mol. The molecule has 0 saturated heterocycles. The van der Waals surface area contributed by atoms with Crippen LogP contribution in [0.15, 0.2) is 42.5 Å². The molecule has 2 aromatic rings. The number of hydrogen-bond acceptors (Lipinski definition) is 4. The summed E-state index contributed by atoms with van der Waals surface area (Å²) < 4.78 is 5.37. The molecule has 27 heavy (non-hydrogen) atoms. The number of carbonyl (C=O) groups excluding carboxylic acids is 3. The van der Waals surface area contributed by atoms with Crippen LogP contribution < -0.4 is 10.1 Å². The molecule has 6 heteroatoms. The number of fused-ring (bicyclic) bond motifs is 1. The summed E-state index contributed by atoms with van der Waals surface area (Å²) >= 11 is 0. The third kappa shape index (κ3) is 3.84. The molecular formula is C21H22N2O4. The average Bonchev–Trinajstić information content (AvgIpc) is 2.92. The van der Waals surface area contributed by atoms with E-state index in [1.807, 2.05) is 13.8 Å². The highest BCUT2D eigenvalue weighted by molar-refractivity contribution is 6.22. The number of imide groups is 1. The maximum absolute atomic E-state index is 12.5. The largest absolute Gasteiger partial charge is 0.494 e. The summed E-state index contributed by atoms with van der Waals surface area (Å²) in [6.07, 6.45) is 1.65. The molecule has 0 saturated carbocycles. The zero-order valence-corrected chi connectivity index (χ0v) is 15.5. The minimum atomic E-state index is -0.339. The highest BCUT2D eigenvalue weighted by Gasteiger charge is 2.35. The third-order valence-corrected chi connectivity index (χ3v) is 4.39. The molecule has 1 heterocycles. The third-order valence-electron chi connectivity index (χ3n) is 4.39. The number of nitrogens with zero attached hydrogens (tertiary/aromatic N) is 1. The minimum Gasteiger partial charge on any atom is -0.494 e. The van der Waals surface area contributed by atoms with E-state index >= 15 is 0 Å². The van der Waals surface area contributed by atoms with Crippen molar-refractivity contribution in [2.75, 3.05) is 18.5 Å². The van der Waals surface area contributed by atoms with E-state index in [-0.39, 0.29) is 23.3 Å². The molecule has 2 aromatic carbocycles. The second-order valence-corrected chi connectivity index (χ2v) is 6.29. The van der Waals surface area contributed by atoms with Gasteiger partial charge in [-0.05, 0) is 55.8 Å². The van der Waals surface area contributed by atoms with Crippen molar-refractivity contribution in [3.8, 4) is 5.75 Å². The van der Waals surface area contributed by atoms with Crippen LogP contribution in [0.4, 0.5) is 5.69 Å². The summed E-state index contributed by atoms with van der Waals surface area (Å²) in [5.74, 6) is -0.236. The lowest BCUT2D eigenvalue weighted by Crippen LogP contribution is -2.30. The molecule has 0 fully saturated rings. The first-order chi connectivity index (χ1) is 13.0. The van der Waals surface area contributed by atoms with Crippen LogP contribution in [0.5, 0.6) is 5.75 Å². The van der Waals surface area contributed by atoms with Gasteiger partial charge < -0.3 is 10.1 Å². The second kappa shape index (κ2) is 8.03.